The standard InChI is InChI=1S/C19H20FN3O2/c20-18-3-1-2-17-16(18)8-9-19(17)22-12-10-21(11-13-22)14-4-6-15(7-5-14)23(24)25/h1-7,19H,8-13H2/t19-/m1/s1. The number of nitrogens with zero attached hydrogens (tertiary/aromatic N) is 3. The van der Waals surface area contributed by atoms with E-state index >= 15 is 0 Å². The molecule has 0 radical (unpaired) electrons. The number of nitro benzene ring substituents is 1. The minimum atomic E-state index is -0.377. The van der Waals surface area contributed by atoms with E-state index in [-0.39, 0.29) is 16.4 Å². The van der Waals surface area contributed by atoms with E-state index in [0.717, 1.165) is 55.8 Å². The number of non-ortho nitro benzene ring substituents is 1. The largest absolute Gasteiger partial charge is 0.369 e. The lowest BCUT2D eigenvalue weighted by Crippen LogP contribution is -2.47. The van der Waals surface area contributed by atoms with Gasteiger partial charge in [0.05, 0.1) is 4.92 Å². The van der Waals surface area contributed by atoms with Gasteiger partial charge in [0.1, 0.15) is 5.82 Å². The van der Waals surface area contributed by atoms with Gasteiger partial charge in [-0.15, -0.1) is 0 Å². The Bertz CT molecular complexity index is 786. The highest BCUT2D eigenvalue weighted by molar-refractivity contribution is 5.51. The molecule has 0 N–H and O–H groups in total. The molecule has 0 amide bonds. The molecule has 4 rings (SSSR count). The number of hydrogen-bond donors (Lipinski definition) is 0. The summed E-state index contributed by atoms with van der Waals surface area (Å²) in [7, 11) is 0. The predicted molar refractivity (Wildman–Crippen MR) is 94.3 cm³/mol. The molecule has 0 unspecified atom stereocenters. The summed E-state index contributed by atoms with van der Waals surface area (Å²) in [4.78, 5) is 15.1. The third kappa shape index (κ3) is 2.98. The fourth-order valence-corrected chi connectivity index (χ4v) is 4.04. The van der Waals surface area contributed by atoms with E-state index in [4.69, 9.17) is 0 Å². The molecule has 1 aliphatic carbocycles. The van der Waals surface area contributed by atoms with E-state index in [2.05, 4.69) is 15.9 Å². The van der Waals surface area contributed by atoms with Crippen LogP contribution in [0.4, 0.5) is 15.8 Å². The van der Waals surface area contributed by atoms with E-state index in [9.17, 15) is 14.5 Å². The molecule has 0 bridgehead atoms. The van der Waals surface area contributed by atoms with Gasteiger partial charge in [0, 0.05) is 50.0 Å². The summed E-state index contributed by atoms with van der Waals surface area (Å²) in [6, 6.07) is 12.5. The highest BCUT2D eigenvalue weighted by Gasteiger charge is 2.31. The number of hydrogen-bond acceptors (Lipinski definition) is 4. The summed E-state index contributed by atoms with van der Waals surface area (Å²) in [5, 5.41) is 10.8. The van der Waals surface area contributed by atoms with Gasteiger partial charge in [-0.05, 0) is 42.2 Å². The van der Waals surface area contributed by atoms with Crippen LogP contribution < -0.4 is 4.90 Å². The third-order valence-corrected chi connectivity index (χ3v) is 5.36. The van der Waals surface area contributed by atoms with Crippen LogP contribution in [0.15, 0.2) is 42.5 Å². The molecule has 0 saturated carbocycles. The number of fused-ring (bicyclic) bond motifs is 1. The summed E-state index contributed by atoms with van der Waals surface area (Å²) in [5.41, 5.74) is 3.16. The summed E-state index contributed by atoms with van der Waals surface area (Å²) in [6.45, 7) is 3.58. The molecule has 5 nitrogen and oxygen atoms in total. The summed E-state index contributed by atoms with van der Waals surface area (Å²) >= 11 is 0. The Morgan fingerprint density at radius 3 is 2.44 bits per heavy atom. The highest BCUT2D eigenvalue weighted by Crippen LogP contribution is 2.37. The van der Waals surface area contributed by atoms with Crippen molar-refractivity contribution in [2.24, 2.45) is 0 Å². The SMILES string of the molecule is O=[N+]([O-])c1ccc(N2CCN([C@@H]3CCc4c(F)cccc43)CC2)cc1. The van der Waals surface area contributed by atoms with Crippen molar-refractivity contribution in [1.29, 1.82) is 0 Å². The Labute approximate surface area is 145 Å². The van der Waals surface area contributed by atoms with Gasteiger partial charge in [0.25, 0.3) is 5.69 Å². The van der Waals surface area contributed by atoms with Gasteiger partial charge >= 0.3 is 0 Å². The molecule has 130 valence electrons. The summed E-state index contributed by atoms with van der Waals surface area (Å²) in [6.07, 6.45) is 1.79. The Morgan fingerprint density at radius 1 is 1.04 bits per heavy atom. The van der Waals surface area contributed by atoms with E-state index in [1.54, 1.807) is 24.3 Å². The molecule has 1 aliphatic heterocycles. The van der Waals surface area contributed by atoms with Crippen molar-refractivity contribution < 1.29 is 9.31 Å². The van der Waals surface area contributed by atoms with Crippen molar-refractivity contribution in [1.82, 2.24) is 4.90 Å². The number of halogens is 1. The first kappa shape index (κ1) is 16.0. The summed E-state index contributed by atoms with van der Waals surface area (Å²) < 4.78 is 13.9. The van der Waals surface area contributed by atoms with Crippen LogP contribution in [-0.4, -0.2) is 36.0 Å². The molecule has 2 aromatic rings. The molecule has 1 atom stereocenters. The van der Waals surface area contributed by atoms with Crippen molar-refractivity contribution in [3.63, 3.8) is 0 Å². The zero-order valence-electron chi connectivity index (χ0n) is 13.9. The van der Waals surface area contributed by atoms with Crippen molar-refractivity contribution in [2.75, 3.05) is 31.1 Å². The molecule has 1 fully saturated rings. The number of nitro groups is 1. The Hall–Kier alpha value is -2.47. The van der Waals surface area contributed by atoms with Gasteiger partial charge in [-0.1, -0.05) is 12.1 Å². The number of benzene rings is 2. The molecule has 0 spiro atoms. The lowest BCUT2D eigenvalue weighted by Gasteiger charge is -2.39. The molecule has 25 heavy (non-hydrogen) atoms. The maximum absolute atomic E-state index is 13.9. The molecule has 2 aromatic carbocycles. The quantitative estimate of drug-likeness (QED) is 0.633. The van der Waals surface area contributed by atoms with Crippen LogP contribution in [0.25, 0.3) is 0 Å². The first-order valence-electron chi connectivity index (χ1n) is 8.64. The van der Waals surface area contributed by atoms with Gasteiger partial charge in [-0.3, -0.25) is 15.0 Å². The molecular formula is C19H20FN3O2. The van der Waals surface area contributed by atoms with Crippen molar-refractivity contribution in [2.45, 2.75) is 18.9 Å². The van der Waals surface area contributed by atoms with E-state index in [1.807, 2.05) is 12.1 Å². The Balaban J connectivity index is 1.43. The fraction of sp³-hybridized carbons (Fsp3) is 0.368. The molecule has 1 heterocycles. The first-order chi connectivity index (χ1) is 12.1. The molecular weight excluding hydrogens is 321 g/mol. The van der Waals surface area contributed by atoms with Crippen LogP contribution in [0.2, 0.25) is 0 Å². The van der Waals surface area contributed by atoms with Crippen LogP contribution in [-0.2, 0) is 6.42 Å². The van der Waals surface area contributed by atoms with Gasteiger partial charge in [-0.2, -0.15) is 0 Å². The minimum absolute atomic E-state index is 0.0792. The zero-order chi connectivity index (χ0) is 17.4. The molecule has 6 heteroatoms. The Kier molecular flexibility index (Phi) is 4.13. The Morgan fingerprint density at radius 2 is 1.76 bits per heavy atom. The van der Waals surface area contributed by atoms with Crippen molar-refractivity contribution >= 4 is 11.4 Å². The van der Waals surface area contributed by atoms with E-state index in [1.165, 1.54) is 0 Å². The maximum atomic E-state index is 13.9. The van der Waals surface area contributed by atoms with Crippen LogP contribution in [0.1, 0.15) is 23.6 Å². The van der Waals surface area contributed by atoms with Crippen molar-refractivity contribution in [3.05, 3.63) is 69.5 Å². The van der Waals surface area contributed by atoms with Gasteiger partial charge < -0.3 is 4.90 Å². The van der Waals surface area contributed by atoms with Crippen LogP contribution in [0.3, 0.4) is 0 Å². The second kappa shape index (κ2) is 6.44. The lowest BCUT2D eigenvalue weighted by molar-refractivity contribution is -0.384. The van der Waals surface area contributed by atoms with E-state index < -0.39 is 0 Å². The van der Waals surface area contributed by atoms with Crippen LogP contribution >= 0.6 is 0 Å². The number of piperazine rings is 1. The van der Waals surface area contributed by atoms with Crippen LogP contribution in [0.5, 0.6) is 0 Å². The first-order valence-corrected chi connectivity index (χ1v) is 8.64. The number of anilines is 1. The highest BCUT2D eigenvalue weighted by atomic mass is 19.1. The minimum Gasteiger partial charge on any atom is -0.369 e. The predicted octanol–water partition coefficient (Wildman–Crippen LogP) is 3.54. The van der Waals surface area contributed by atoms with Crippen LogP contribution in [0, 0.1) is 15.9 Å². The third-order valence-electron chi connectivity index (χ3n) is 5.36. The maximum Gasteiger partial charge on any atom is 0.269 e. The molecule has 0 aromatic heterocycles. The van der Waals surface area contributed by atoms with Gasteiger partial charge in [0.2, 0.25) is 0 Å². The average Bonchev–Trinajstić information content (AvgIpc) is 3.07. The topological polar surface area (TPSA) is 49.6 Å². The second-order valence-electron chi connectivity index (χ2n) is 6.66. The monoisotopic (exact) mass is 341 g/mol. The summed E-state index contributed by atoms with van der Waals surface area (Å²) in [5.74, 6) is -0.0792. The van der Waals surface area contributed by atoms with Gasteiger partial charge in [-0.25, -0.2) is 4.39 Å². The van der Waals surface area contributed by atoms with E-state index in [0.29, 0.717) is 6.04 Å². The van der Waals surface area contributed by atoms with Gasteiger partial charge in [0.15, 0.2) is 0 Å². The van der Waals surface area contributed by atoms with Crippen molar-refractivity contribution in [3.8, 4) is 0 Å². The molecule has 2 aliphatic rings. The fourth-order valence-electron chi connectivity index (χ4n) is 4.04. The lowest BCUT2D eigenvalue weighted by atomic mass is 10.1. The molecule has 1 saturated heterocycles. The average molecular weight is 341 g/mol. The number of rotatable bonds is 3. The second-order valence-corrected chi connectivity index (χ2v) is 6.66. The zero-order valence-corrected chi connectivity index (χ0v) is 13.9. The smallest absolute Gasteiger partial charge is 0.269 e. The normalized spacial score (nSPS) is 20.5.